The Kier molecular flexibility index (Phi) is 5.28. The first-order valence-electron chi connectivity index (χ1n) is 7.37. The van der Waals surface area contributed by atoms with Crippen molar-refractivity contribution in [3.8, 4) is 5.69 Å². The highest BCUT2D eigenvalue weighted by molar-refractivity contribution is 5.83. The fourth-order valence-corrected chi connectivity index (χ4v) is 2.37. The number of nitrogens with zero attached hydrogens (tertiary/aromatic N) is 2. The van der Waals surface area contributed by atoms with Crippen LogP contribution in [0.5, 0.6) is 0 Å². The Morgan fingerprint density at radius 2 is 2.04 bits per heavy atom. The third-order valence-corrected chi connectivity index (χ3v) is 3.63. The molecule has 0 aliphatic carbocycles. The normalized spacial score (nSPS) is 12.0. The second-order valence-electron chi connectivity index (χ2n) is 5.45. The van der Waals surface area contributed by atoms with E-state index in [0.717, 1.165) is 12.1 Å². The molecular formula is C16H18F2N4O2. The number of carbonyl (C=O) groups excluding carboxylic acids is 2. The molecule has 0 spiro atoms. The Morgan fingerprint density at radius 1 is 1.33 bits per heavy atom. The third kappa shape index (κ3) is 3.95. The van der Waals surface area contributed by atoms with Crippen LogP contribution >= 0.6 is 0 Å². The smallest absolute Gasteiger partial charge is 0.220 e. The summed E-state index contributed by atoms with van der Waals surface area (Å²) in [5, 5.41) is 6.83. The number of rotatable bonds is 6. The van der Waals surface area contributed by atoms with Gasteiger partial charge in [0, 0.05) is 30.2 Å². The maximum absolute atomic E-state index is 13.9. The number of halogens is 2. The number of hydrogen-bond acceptors (Lipinski definition) is 3. The van der Waals surface area contributed by atoms with Crippen LogP contribution < -0.4 is 11.1 Å². The number of amides is 2. The van der Waals surface area contributed by atoms with E-state index in [1.165, 1.54) is 16.9 Å². The number of nitrogens with one attached hydrogen (secondary N) is 1. The second kappa shape index (κ2) is 7.20. The molecule has 1 aromatic carbocycles. The van der Waals surface area contributed by atoms with Gasteiger partial charge in [-0.3, -0.25) is 9.59 Å². The molecule has 6 nitrogen and oxygen atoms in total. The van der Waals surface area contributed by atoms with Crippen molar-refractivity contribution < 1.29 is 18.4 Å². The van der Waals surface area contributed by atoms with Gasteiger partial charge in [-0.15, -0.1) is 0 Å². The van der Waals surface area contributed by atoms with Gasteiger partial charge in [0.15, 0.2) is 5.82 Å². The van der Waals surface area contributed by atoms with Gasteiger partial charge in [-0.1, -0.05) is 0 Å². The largest absolute Gasteiger partial charge is 0.370 e. The highest BCUT2D eigenvalue weighted by atomic mass is 19.1. The molecule has 1 unspecified atom stereocenters. The Balaban J connectivity index is 2.17. The molecule has 0 radical (unpaired) electrons. The molecule has 0 aliphatic heterocycles. The van der Waals surface area contributed by atoms with Crippen LogP contribution in [-0.2, 0) is 9.59 Å². The Hall–Kier alpha value is -2.77. The lowest BCUT2D eigenvalue weighted by molar-refractivity contribution is -0.125. The molecule has 2 rings (SSSR count). The quantitative estimate of drug-likeness (QED) is 0.844. The molecule has 3 N–H and O–H groups in total. The van der Waals surface area contributed by atoms with E-state index in [2.05, 4.69) is 10.4 Å². The summed E-state index contributed by atoms with van der Waals surface area (Å²) in [4.78, 5) is 22.5. The first-order valence-corrected chi connectivity index (χ1v) is 7.37. The maximum Gasteiger partial charge on any atom is 0.220 e. The highest BCUT2D eigenvalue weighted by Gasteiger charge is 2.18. The zero-order valence-corrected chi connectivity index (χ0v) is 13.3. The minimum atomic E-state index is -0.731. The standard InChI is InChI=1S/C16H18F2N4O2/c1-9(21-16(24)6-5-15(19)23)12-8-20-22(10(12)2)14-4-3-11(17)7-13(14)18/h3-4,7-9H,5-6H2,1-2H3,(H2,19,23)(H,21,24). The van der Waals surface area contributed by atoms with Crippen molar-refractivity contribution in [2.24, 2.45) is 5.73 Å². The van der Waals surface area contributed by atoms with Crippen LogP contribution in [0.4, 0.5) is 8.78 Å². The lowest BCUT2D eigenvalue weighted by atomic mass is 10.1. The van der Waals surface area contributed by atoms with Gasteiger partial charge in [-0.05, 0) is 26.0 Å². The van der Waals surface area contributed by atoms with Gasteiger partial charge in [0.05, 0.1) is 12.2 Å². The van der Waals surface area contributed by atoms with Crippen LogP contribution in [0, 0.1) is 18.6 Å². The molecule has 2 amide bonds. The van der Waals surface area contributed by atoms with Gasteiger partial charge in [0.25, 0.3) is 0 Å². The number of primary amides is 1. The predicted molar refractivity (Wildman–Crippen MR) is 83.2 cm³/mol. The van der Waals surface area contributed by atoms with Crippen molar-refractivity contribution in [2.45, 2.75) is 32.7 Å². The first kappa shape index (κ1) is 17.6. The van der Waals surface area contributed by atoms with E-state index in [1.54, 1.807) is 13.8 Å². The van der Waals surface area contributed by atoms with Crippen LogP contribution in [0.1, 0.15) is 37.1 Å². The zero-order valence-electron chi connectivity index (χ0n) is 13.3. The van der Waals surface area contributed by atoms with Gasteiger partial charge >= 0.3 is 0 Å². The van der Waals surface area contributed by atoms with Crippen molar-refractivity contribution in [3.63, 3.8) is 0 Å². The Morgan fingerprint density at radius 3 is 2.67 bits per heavy atom. The summed E-state index contributed by atoms with van der Waals surface area (Å²) in [5.41, 5.74) is 6.42. The minimum absolute atomic E-state index is 0.000547. The van der Waals surface area contributed by atoms with E-state index < -0.39 is 17.5 Å². The van der Waals surface area contributed by atoms with E-state index >= 15 is 0 Å². The molecule has 1 heterocycles. The van der Waals surface area contributed by atoms with Crippen molar-refractivity contribution >= 4 is 11.8 Å². The van der Waals surface area contributed by atoms with Crippen LogP contribution in [0.3, 0.4) is 0 Å². The molecule has 0 aliphatic rings. The lowest BCUT2D eigenvalue weighted by Gasteiger charge is -2.14. The van der Waals surface area contributed by atoms with E-state index in [4.69, 9.17) is 5.73 Å². The molecule has 2 aromatic rings. The van der Waals surface area contributed by atoms with Crippen LogP contribution in [0.15, 0.2) is 24.4 Å². The highest BCUT2D eigenvalue weighted by Crippen LogP contribution is 2.22. The molecule has 24 heavy (non-hydrogen) atoms. The third-order valence-electron chi connectivity index (χ3n) is 3.63. The van der Waals surface area contributed by atoms with E-state index in [1.807, 2.05) is 0 Å². The van der Waals surface area contributed by atoms with Crippen LogP contribution in [-0.4, -0.2) is 21.6 Å². The fourth-order valence-electron chi connectivity index (χ4n) is 2.37. The molecule has 128 valence electrons. The van der Waals surface area contributed by atoms with Crippen molar-refractivity contribution in [1.29, 1.82) is 0 Å². The molecule has 8 heteroatoms. The Bertz CT molecular complexity index is 773. The molecule has 1 atom stereocenters. The molecule has 0 saturated heterocycles. The molecule has 0 fully saturated rings. The van der Waals surface area contributed by atoms with Crippen LogP contribution in [0.25, 0.3) is 5.69 Å². The fraction of sp³-hybridized carbons (Fsp3) is 0.312. The number of hydrogen-bond donors (Lipinski definition) is 2. The number of benzene rings is 1. The molecular weight excluding hydrogens is 318 g/mol. The molecule has 0 saturated carbocycles. The predicted octanol–water partition coefficient (Wildman–Crippen LogP) is 1.90. The van der Waals surface area contributed by atoms with Crippen molar-refractivity contribution in [2.75, 3.05) is 0 Å². The SMILES string of the molecule is Cc1c(C(C)NC(=O)CCC(N)=O)cnn1-c1ccc(F)cc1F. The van der Waals surface area contributed by atoms with Crippen molar-refractivity contribution in [3.05, 3.63) is 47.3 Å². The van der Waals surface area contributed by atoms with Gasteiger partial charge < -0.3 is 11.1 Å². The summed E-state index contributed by atoms with van der Waals surface area (Å²) in [6, 6.07) is 2.84. The number of nitrogens with two attached hydrogens (primary N) is 1. The summed E-state index contributed by atoms with van der Waals surface area (Å²) in [6.45, 7) is 3.47. The summed E-state index contributed by atoms with van der Waals surface area (Å²) < 4.78 is 28.3. The first-order chi connectivity index (χ1) is 11.3. The van der Waals surface area contributed by atoms with Gasteiger partial charge in [0.2, 0.25) is 11.8 Å². The lowest BCUT2D eigenvalue weighted by Crippen LogP contribution is -2.28. The molecule has 1 aromatic heterocycles. The summed E-state index contributed by atoms with van der Waals surface area (Å²) in [5.74, 6) is -2.27. The summed E-state index contributed by atoms with van der Waals surface area (Å²) >= 11 is 0. The van der Waals surface area contributed by atoms with Gasteiger partial charge in [0.1, 0.15) is 11.5 Å². The summed E-state index contributed by atoms with van der Waals surface area (Å²) in [7, 11) is 0. The topological polar surface area (TPSA) is 90.0 Å². The van der Waals surface area contributed by atoms with E-state index in [9.17, 15) is 18.4 Å². The van der Waals surface area contributed by atoms with Crippen molar-refractivity contribution in [1.82, 2.24) is 15.1 Å². The second-order valence-corrected chi connectivity index (χ2v) is 5.45. The van der Waals surface area contributed by atoms with Gasteiger partial charge in [-0.25, -0.2) is 13.5 Å². The number of carbonyl (C=O) groups is 2. The Labute approximate surface area is 137 Å². The maximum atomic E-state index is 13.9. The van der Waals surface area contributed by atoms with E-state index in [0.29, 0.717) is 11.3 Å². The number of aromatic nitrogens is 2. The minimum Gasteiger partial charge on any atom is -0.370 e. The monoisotopic (exact) mass is 336 g/mol. The van der Waals surface area contributed by atoms with Crippen LogP contribution in [0.2, 0.25) is 0 Å². The zero-order chi connectivity index (χ0) is 17.9. The molecule has 0 bridgehead atoms. The average Bonchev–Trinajstić information content (AvgIpc) is 2.87. The summed E-state index contributed by atoms with van der Waals surface area (Å²) in [6.07, 6.45) is 1.48. The average molecular weight is 336 g/mol. The van der Waals surface area contributed by atoms with E-state index in [-0.39, 0.29) is 30.5 Å². The van der Waals surface area contributed by atoms with Gasteiger partial charge in [-0.2, -0.15) is 5.10 Å².